The predicted molar refractivity (Wildman–Crippen MR) is 125 cm³/mol. The van der Waals surface area contributed by atoms with Crippen LogP contribution >= 0.6 is 23.2 Å². The van der Waals surface area contributed by atoms with Crippen molar-refractivity contribution in [3.8, 4) is 0 Å². The van der Waals surface area contributed by atoms with Crippen LogP contribution in [0.15, 0.2) is 33.9 Å². The standard InChI is InChI=1S/C21H26Cl2N4O4/c1-13(2)12-27-19(24)18(20(29)25-21(27)30)26(10-5-11-31-3)16(28)9-8-14-6-4-7-15(22)17(14)23/h4,6-9,13H,5,10-12,24H2,1-3H3,(H,25,29,30)/b9-8+. The number of H-pyrrole nitrogens is 1. The molecule has 31 heavy (non-hydrogen) atoms. The van der Waals surface area contributed by atoms with Crippen molar-refractivity contribution in [1.29, 1.82) is 0 Å². The van der Waals surface area contributed by atoms with Gasteiger partial charge in [-0.15, -0.1) is 0 Å². The number of rotatable bonds is 9. The molecule has 0 bridgehead atoms. The van der Waals surface area contributed by atoms with Crippen molar-refractivity contribution in [2.75, 3.05) is 30.9 Å². The van der Waals surface area contributed by atoms with Crippen molar-refractivity contribution in [2.45, 2.75) is 26.8 Å². The van der Waals surface area contributed by atoms with E-state index < -0.39 is 17.2 Å². The van der Waals surface area contributed by atoms with Gasteiger partial charge >= 0.3 is 5.69 Å². The minimum absolute atomic E-state index is 0.0672. The molecule has 0 saturated carbocycles. The lowest BCUT2D eigenvalue weighted by Crippen LogP contribution is -2.41. The summed E-state index contributed by atoms with van der Waals surface area (Å²) in [6.45, 7) is 4.65. The Labute approximate surface area is 190 Å². The Morgan fingerprint density at radius 2 is 2.03 bits per heavy atom. The maximum absolute atomic E-state index is 13.1. The number of amides is 1. The first-order valence-electron chi connectivity index (χ1n) is 9.72. The summed E-state index contributed by atoms with van der Waals surface area (Å²) in [4.78, 5) is 41.4. The third kappa shape index (κ3) is 6.22. The van der Waals surface area contributed by atoms with Crippen LogP contribution in [0.25, 0.3) is 6.08 Å². The zero-order valence-corrected chi connectivity index (χ0v) is 19.2. The molecule has 0 spiro atoms. The first kappa shape index (κ1) is 24.7. The van der Waals surface area contributed by atoms with E-state index in [4.69, 9.17) is 33.7 Å². The van der Waals surface area contributed by atoms with E-state index in [-0.39, 0.29) is 24.0 Å². The zero-order valence-electron chi connectivity index (χ0n) is 17.7. The second-order valence-corrected chi connectivity index (χ2v) is 8.10. The van der Waals surface area contributed by atoms with Crippen molar-refractivity contribution in [3.05, 3.63) is 60.7 Å². The molecule has 1 heterocycles. The third-order valence-electron chi connectivity index (χ3n) is 4.41. The number of ether oxygens (including phenoxy) is 1. The molecule has 10 heteroatoms. The summed E-state index contributed by atoms with van der Waals surface area (Å²) in [5.41, 5.74) is 5.30. The van der Waals surface area contributed by atoms with Gasteiger partial charge in [-0.3, -0.25) is 19.1 Å². The van der Waals surface area contributed by atoms with Crippen molar-refractivity contribution in [1.82, 2.24) is 9.55 Å². The molecule has 2 rings (SSSR count). The molecule has 2 aromatic rings. The molecular formula is C21H26Cl2N4O4. The number of nitrogens with one attached hydrogen (secondary N) is 1. The average Bonchev–Trinajstić information content (AvgIpc) is 2.70. The molecule has 0 aliphatic carbocycles. The molecule has 1 aromatic heterocycles. The fourth-order valence-electron chi connectivity index (χ4n) is 2.98. The monoisotopic (exact) mass is 468 g/mol. The molecule has 0 saturated heterocycles. The molecule has 168 valence electrons. The van der Waals surface area contributed by atoms with Gasteiger partial charge in [0.15, 0.2) is 5.69 Å². The van der Waals surface area contributed by atoms with E-state index in [2.05, 4.69) is 4.98 Å². The van der Waals surface area contributed by atoms with E-state index in [1.807, 2.05) is 13.8 Å². The van der Waals surface area contributed by atoms with E-state index in [0.29, 0.717) is 35.2 Å². The first-order chi connectivity index (χ1) is 14.7. The number of carbonyl (C=O) groups excluding carboxylic acids is 1. The van der Waals surface area contributed by atoms with Gasteiger partial charge < -0.3 is 15.4 Å². The van der Waals surface area contributed by atoms with Crippen molar-refractivity contribution in [2.24, 2.45) is 5.92 Å². The summed E-state index contributed by atoms with van der Waals surface area (Å²) in [6.07, 6.45) is 3.24. The molecule has 0 radical (unpaired) electrons. The predicted octanol–water partition coefficient (Wildman–Crippen LogP) is 3.16. The molecule has 0 fully saturated rings. The lowest BCUT2D eigenvalue weighted by Gasteiger charge is -2.24. The second-order valence-electron chi connectivity index (χ2n) is 7.31. The number of nitrogen functional groups attached to an aromatic ring is 1. The molecule has 0 unspecified atom stereocenters. The highest BCUT2D eigenvalue weighted by Crippen LogP contribution is 2.26. The van der Waals surface area contributed by atoms with Gasteiger partial charge in [-0.25, -0.2) is 4.79 Å². The van der Waals surface area contributed by atoms with Crippen LogP contribution in [0.5, 0.6) is 0 Å². The van der Waals surface area contributed by atoms with Crippen LogP contribution in [0.4, 0.5) is 11.5 Å². The highest BCUT2D eigenvalue weighted by molar-refractivity contribution is 6.42. The Morgan fingerprint density at radius 1 is 1.32 bits per heavy atom. The zero-order chi connectivity index (χ0) is 23.1. The van der Waals surface area contributed by atoms with Crippen LogP contribution < -0.4 is 21.9 Å². The fourth-order valence-corrected chi connectivity index (χ4v) is 3.35. The average molecular weight is 469 g/mol. The second kappa shape index (κ2) is 11.2. The Balaban J connectivity index is 2.50. The van der Waals surface area contributed by atoms with Gasteiger partial charge in [0.1, 0.15) is 5.82 Å². The molecule has 8 nitrogen and oxygen atoms in total. The van der Waals surface area contributed by atoms with Crippen LogP contribution in [0.2, 0.25) is 10.0 Å². The Bertz CT molecular complexity index is 1080. The van der Waals surface area contributed by atoms with E-state index in [1.54, 1.807) is 18.2 Å². The van der Waals surface area contributed by atoms with Gasteiger partial charge in [-0.1, -0.05) is 49.2 Å². The fraction of sp³-hybridized carbons (Fsp3) is 0.381. The Morgan fingerprint density at radius 3 is 2.68 bits per heavy atom. The minimum atomic E-state index is -0.734. The summed E-state index contributed by atoms with van der Waals surface area (Å²) < 4.78 is 6.32. The van der Waals surface area contributed by atoms with Gasteiger partial charge in [0.25, 0.3) is 11.5 Å². The maximum Gasteiger partial charge on any atom is 0.330 e. The number of aromatic amines is 1. The molecule has 3 N–H and O–H groups in total. The van der Waals surface area contributed by atoms with E-state index in [0.717, 1.165) is 0 Å². The van der Waals surface area contributed by atoms with E-state index in [1.165, 1.54) is 28.7 Å². The van der Waals surface area contributed by atoms with Crippen molar-refractivity contribution in [3.63, 3.8) is 0 Å². The molecule has 1 aromatic carbocycles. The molecule has 0 aliphatic rings. The molecular weight excluding hydrogens is 443 g/mol. The third-order valence-corrected chi connectivity index (χ3v) is 5.25. The summed E-state index contributed by atoms with van der Waals surface area (Å²) in [7, 11) is 1.54. The number of aromatic nitrogens is 2. The van der Waals surface area contributed by atoms with Gasteiger partial charge in [0, 0.05) is 32.9 Å². The smallest absolute Gasteiger partial charge is 0.330 e. The quantitative estimate of drug-likeness (QED) is 0.433. The van der Waals surface area contributed by atoms with E-state index in [9.17, 15) is 14.4 Å². The number of nitrogens with two attached hydrogens (primary N) is 1. The summed E-state index contributed by atoms with van der Waals surface area (Å²) in [6, 6.07) is 5.05. The summed E-state index contributed by atoms with van der Waals surface area (Å²) in [5.74, 6) is -0.470. The largest absolute Gasteiger partial charge is 0.385 e. The van der Waals surface area contributed by atoms with E-state index >= 15 is 0 Å². The minimum Gasteiger partial charge on any atom is -0.385 e. The SMILES string of the molecule is COCCCN(C(=O)/C=C/c1cccc(Cl)c1Cl)c1c(N)n(CC(C)C)c(=O)[nH]c1=O. The Kier molecular flexibility index (Phi) is 8.91. The topological polar surface area (TPSA) is 110 Å². The number of benzene rings is 1. The highest BCUT2D eigenvalue weighted by Gasteiger charge is 2.23. The number of anilines is 2. The van der Waals surface area contributed by atoms with Gasteiger partial charge in [0.2, 0.25) is 0 Å². The normalized spacial score (nSPS) is 11.4. The Hall–Kier alpha value is -2.55. The lowest BCUT2D eigenvalue weighted by molar-refractivity contribution is -0.114. The van der Waals surface area contributed by atoms with Gasteiger partial charge in [0.05, 0.1) is 10.0 Å². The van der Waals surface area contributed by atoms with Gasteiger partial charge in [-0.05, 0) is 30.0 Å². The molecule has 0 aliphatic heterocycles. The number of hydrogen-bond donors (Lipinski definition) is 2. The number of carbonyl (C=O) groups is 1. The number of methoxy groups -OCH3 is 1. The van der Waals surface area contributed by atoms with Crippen molar-refractivity contribution < 1.29 is 9.53 Å². The summed E-state index contributed by atoms with van der Waals surface area (Å²) >= 11 is 12.2. The number of nitrogens with zero attached hydrogens (tertiary/aromatic N) is 2. The summed E-state index contributed by atoms with van der Waals surface area (Å²) in [5, 5.41) is 0.664. The number of halogens is 2. The van der Waals surface area contributed by atoms with Crippen LogP contribution in [0.3, 0.4) is 0 Å². The van der Waals surface area contributed by atoms with Crippen LogP contribution in [-0.4, -0.2) is 35.7 Å². The molecule has 0 atom stereocenters. The maximum atomic E-state index is 13.1. The van der Waals surface area contributed by atoms with Crippen molar-refractivity contribution >= 4 is 46.7 Å². The number of hydrogen-bond acceptors (Lipinski definition) is 5. The van der Waals surface area contributed by atoms with Gasteiger partial charge in [-0.2, -0.15) is 0 Å². The molecule has 1 amide bonds. The van der Waals surface area contributed by atoms with Crippen LogP contribution in [0.1, 0.15) is 25.8 Å². The highest BCUT2D eigenvalue weighted by atomic mass is 35.5. The van der Waals surface area contributed by atoms with Crippen LogP contribution in [-0.2, 0) is 16.1 Å². The lowest BCUT2D eigenvalue weighted by atomic mass is 10.2. The first-order valence-corrected chi connectivity index (χ1v) is 10.5. The van der Waals surface area contributed by atoms with Crippen LogP contribution in [0, 0.1) is 5.92 Å².